The topological polar surface area (TPSA) is 57.5 Å². The van der Waals surface area contributed by atoms with Gasteiger partial charge in [0.05, 0.1) is 18.8 Å². The maximum atomic E-state index is 12.7. The molecule has 22 heavy (non-hydrogen) atoms. The number of ether oxygens (including phenoxy) is 2. The number of carbonyl (C=O) groups excluding carboxylic acids is 2. The van der Waals surface area contributed by atoms with E-state index < -0.39 is 0 Å². The van der Waals surface area contributed by atoms with E-state index in [1.54, 1.807) is 14.0 Å². The Balaban J connectivity index is 2.21. The molecule has 0 spiro atoms. The van der Waals surface area contributed by atoms with Crippen molar-refractivity contribution in [3.8, 4) is 0 Å². The summed E-state index contributed by atoms with van der Waals surface area (Å²) in [5, 5.41) is 0. The molecule has 1 unspecified atom stereocenters. The maximum absolute atomic E-state index is 12.7. The van der Waals surface area contributed by atoms with Gasteiger partial charge in [-0.05, 0) is 32.3 Å². The summed E-state index contributed by atoms with van der Waals surface area (Å²) in [6.45, 7) is 4.33. The van der Waals surface area contributed by atoms with Gasteiger partial charge in [-0.1, -0.05) is 0 Å². The third-order valence-corrected chi connectivity index (χ3v) is 4.84. The Kier molecular flexibility index (Phi) is 3.68. The van der Waals surface area contributed by atoms with Crippen LogP contribution in [-0.2, 0) is 22.4 Å². The second kappa shape index (κ2) is 5.39. The smallest absolute Gasteiger partial charge is 0.230 e. The molecule has 5 nitrogen and oxygen atoms in total. The summed E-state index contributed by atoms with van der Waals surface area (Å²) in [6.07, 6.45) is 2.77. The first-order chi connectivity index (χ1) is 10.5. The number of methoxy groups -OCH3 is 2. The zero-order chi connectivity index (χ0) is 16.0. The monoisotopic (exact) mass is 303 g/mol. The van der Waals surface area contributed by atoms with E-state index in [-0.39, 0.29) is 23.4 Å². The lowest BCUT2D eigenvalue weighted by Gasteiger charge is -2.18. The van der Waals surface area contributed by atoms with Crippen molar-refractivity contribution in [3.05, 3.63) is 33.8 Å². The Morgan fingerprint density at radius 3 is 2.50 bits per heavy atom. The zero-order valence-corrected chi connectivity index (χ0v) is 13.5. The van der Waals surface area contributed by atoms with Gasteiger partial charge < -0.3 is 14.0 Å². The minimum atomic E-state index is -0.179. The van der Waals surface area contributed by atoms with Crippen molar-refractivity contribution >= 4 is 11.6 Å². The van der Waals surface area contributed by atoms with Gasteiger partial charge in [0.1, 0.15) is 5.69 Å². The summed E-state index contributed by atoms with van der Waals surface area (Å²) in [4.78, 5) is 25.4. The van der Waals surface area contributed by atoms with Crippen molar-refractivity contribution in [2.75, 3.05) is 14.2 Å². The van der Waals surface area contributed by atoms with Crippen LogP contribution in [0, 0.1) is 6.92 Å². The fourth-order valence-corrected chi connectivity index (χ4v) is 3.62. The van der Waals surface area contributed by atoms with Crippen LogP contribution >= 0.6 is 0 Å². The van der Waals surface area contributed by atoms with Crippen LogP contribution < -0.4 is 0 Å². The molecule has 2 heterocycles. The highest BCUT2D eigenvalue weighted by atomic mass is 16.5. The standard InChI is InChI=1S/C17H21NO4/c1-9-12-8-11(21-3)6-5-7-18(12)14-13(9)16(20)17(22-4)10(2)15(14)19/h11H,5-8H2,1-4H3. The molecule has 1 aliphatic heterocycles. The van der Waals surface area contributed by atoms with E-state index >= 15 is 0 Å². The van der Waals surface area contributed by atoms with Crippen molar-refractivity contribution in [2.45, 2.75) is 45.8 Å². The third-order valence-electron chi connectivity index (χ3n) is 4.84. The number of nitrogens with zero attached hydrogens (tertiary/aromatic N) is 1. The van der Waals surface area contributed by atoms with Gasteiger partial charge in [-0.2, -0.15) is 0 Å². The summed E-state index contributed by atoms with van der Waals surface area (Å²) < 4.78 is 12.7. The van der Waals surface area contributed by atoms with Crippen LogP contribution in [0.1, 0.15) is 51.9 Å². The Bertz CT molecular complexity index is 696. The van der Waals surface area contributed by atoms with Gasteiger partial charge in [-0.3, -0.25) is 9.59 Å². The number of rotatable bonds is 2. The van der Waals surface area contributed by atoms with Crippen LogP contribution in [0.4, 0.5) is 0 Å². The summed E-state index contributed by atoms with van der Waals surface area (Å²) in [5.41, 5.74) is 3.38. The predicted molar refractivity (Wildman–Crippen MR) is 81.3 cm³/mol. The highest BCUT2D eigenvalue weighted by Crippen LogP contribution is 2.35. The minimum absolute atomic E-state index is 0.100. The van der Waals surface area contributed by atoms with Crippen LogP contribution in [0.5, 0.6) is 0 Å². The Labute approximate surface area is 129 Å². The van der Waals surface area contributed by atoms with Crippen LogP contribution in [0.3, 0.4) is 0 Å². The van der Waals surface area contributed by atoms with Gasteiger partial charge in [0, 0.05) is 31.3 Å². The summed E-state index contributed by atoms with van der Waals surface area (Å²) in [6, 6.07) is 0. The Morgan fingerprint density at radius 1 is 1.14 bits per heavy atom. The summed E-state index contributed by atoms with van der Waals surface area (Å²) in [7, 11) is 3.15. The van der Waals surface area contributed by atoms with Crippen molar-refractivity contribution in [3.63, 3.8) is 0 Å². The number of fused-ring (bicyclic) bond motifs is 3. The molecule has 118 valence electrons. The quantitative estimate of drug-likeness (QED) is 0.842. The fourth-order valence-electron chi connectivity index (χ4n) is 3.62. The maximum Gasteiger partial charge on any atom is 0.230 e. The summed E-state index contributed by atoms with van der Waals surface area (Å²) in [5.74, 6) is -0.108. The fraction of sp³-hybridized carbons (Fsp3) is 0.529. The normalized spacial score (nSPS) is 21.5. The Morgan fingerprint density at radius 2 is 1.86 bits per heavy atom. The van der Waals surface area contributed by atoms with Gasteiger partial charge in [-0.15, -0.1) is 0 Å². The van der Waals surface area contributed by atoms with Crippen molar-refractivity contribution in [2.24, 2.45) is 0 Å². The van der Waals surface area contributed by atoms with E-state index in [1.165, 1.54) is 7.11 Å². The van der Waals surface area contributed by atoms with Crippen LogP contribution in [0.25, 0.3) is 0 Å². The van der Waals surface area contributed by atoms with Gasteiger partial charge in [0.25, 0.3) is 0 Å². The lowest BCUT2D eigenvalue weighted by atomic mass is 9.91. The van der Waals surface area contributed by atoms with E-state index in [0.717, 1.165) is 37.1 Å². The number of hydrogen-bond donors (Lipinski definition) is 0. The molecule has 0 saturated heterocycles. The SMILES string of the molecule is COC1=C(C)C(=O)c2c(c(C)c3n2CCCC(OC)C3)C1=O. The van der Waals surface area contributed by atoms with Gasteiger partial charge >= 0.3 is 0 Å². The highest BCUT2D eigenvalue weighted by molar-refractivity contribution is 6.26. The van der Waals surface area contributed by atoms with E-state index in [1.807, 2.05) is 11.5 Å². The molecule has 0 amide bonds. The molecule has 1 aromatic rings. The van der Waals surface area contributed by atoms with Crippen molar-refractivity contribution in [1.82, 2.24) is 4.57 Å². The number of hydrogen-bond acceptors (Lipinski definition) is 4. The molecule has 3 rings (SSSR count). The molecule has 5 heteroatoms. The lowest BCUT2D eigenvalue weighted by Crippen LogP contribution is -2.24. The van der Waals surface area contributed by atoms with E-state index in [9.17, 15) is 9.59 Å². The minimum Gasteiger partial charge on any atom is -0.492 e. The first-order valence-corrected chi connectivity index (χ1v) is 7.60. The van der Waals surface area contributed by atoms with E-state index in [0.29, 0.717) is 16.8 Å². The van der Waals surface area contributed by atoms with Gasteiger partial charge in [-0.25, -0.2) is 0 Å². The molecule has 0 N–H and O–H groups in total. The van der Waals surface area contributed by atoms with Gasteiger partial charge in [0.2, 0.25) is 11.6 Å². The molecule has 0 radical (unpaired) electrons. The summed E-state index contributed by atoms with van der Waals surface area (Å²) >= 11 is 0. The second-order valence-electron chi connectivity index (χ2n) is 5.97. The molecular weight excluding hydrogens is 282 g/mol. The first-order valence-electron chi connectivity index (χ1n) is 7.60. The average molecular weight is 303 g/mol. The lowest BCUT2D eigenvalue weighted by molar-refractivity contribution is 0.0901. The Hall–Kier alpha value is -1.88. The number of Topliss-reactive ketones (excluding diaryl/α,β-unsaturated/α-hetero) is 2. The number of allylic oxidation sites excluding steroid dienone is 2. The van der Waals surface area contributed by atoms with Crippen LogP contribution in [0.15, 0.2) is 11.3 Å². The van der Waals surface area contributed by atoms with Crippen molar-refractivity contribution in [1.29, 1.82) is 0 Å². The molecule has 2 aliphatic rings. The first kappa shape index (κ1) is 15.0. The molecule has 0 saturated carbocycles. The highest BCUT2D eigenvalue weighted by Gasteiger charge is 2.38. The molecule has 1 aliphatic carbocycles. The predicted octanol–water partition coefficient (Wildman–Crippen LogP) is 2.45. The van der Waals surface area contributed by atoms with Crippen molar-refractivity contribution < 1.29 is 19.1 Å². The largest absolute Gasteiger partial charge is 0.492 e. The van der Waals surface area contributed by atoms with E-state index in [4.69, 9.17) is 9.47 Å². The average Bonchev–Trinajstić information content (AvgIpc) is 2.66. The third kappa shape index (κ3) is 1.96. The molecule has 1 atom stereocenters. The molecule has 0 fully saturated rings. The van der Waals surface area contributed by atoms with Crippen LogP contribution in [0.2, 0.25) is 0 Å². The molecule has 0 bridgehead atoms. The number of ketones is 2. The molecular formula is C17H21NO4. The number of carbonyl (C=O) groups is 2. The molecule has 1 aromatic heterocycles. The second-order valence-corrected chi connectivity index (χ2v) is 5.97. The van der Waals surface area contributed by atoms with E-state index in [2.05, 4.69) is 0 Å². The number of aromatic nitrogens is 1. The molecule has 0 aromatic carbocycles. The van der Waals surface area contributed by atoms with Crippen LogP contribution in [-0.4, -0.2) is 36.5 Å². The van der Waals surface area contributed by atoms with Gasteiger partial charge in [0.15, 0.2) is 5.76 Å². The zero-order valence-electron chi connectivity index (χ0n) is 13.5.